The second kappa shape index (κ2) is 6.88. The van der Waals surface area contributed by atoms with Gasteiger partial charge in [0.15, 0.2) is 0 Å². The van der Waals surface area contributed by atoms with Gasteiger partial charge in [-0.25, -0.2) is 0 Å². The van der Waals surface area contributed by atoms with Gasteiger partial charge in [-0.2, -0.15) is 11.8 Å². The van der Waals surface area contributed by atoms with E-state index in [2.05, 4.69) is 43.5 Å². The molecule has 0 aliphatic rings. The molecule has 3 heteroatoms. The third-order valence-corrected chi connectivity index (χ3v) is 3.43. The lowest BCUT2D eigenvalue weighted by Gasteiger charge is -2.16. The van der Waals surface area contributed by atoms with E-state index in [9.17, 15) is 0 Å². The third kappa shape index (κ3) is 3.86. The summed E-state index contributed by atoms with van der Waals surface area (Å²) in [7, 11) is 0. The summed E-state index contributed by atoms with van der Waals surface area (Å²) in [4.78, 5) is 0. The van der Waals surface area contributed by atoms with Crippen molar-refractivity contribution in [3.8, 4) is 0 Å². The van der Waals surface area contributed by atoms with Gasteiger partial charge in [0.1, 0.15) is 0 Å². The summed E-state index contributed by atoms with van der Waals surface area (Å²) in [5, 5.41) is 0. The molecule has 1 rings (SSSR count). The van der Waals surface area contributed by atoms with Crippen LogP contribution in [0.3, 0.4) is 0 Å². The fourth-order valence-electron chi connectivity index (χ4n) is 1.51. The minimum atomic E-state index is 0.265. The Balaban J connectivity index is 2.72. The van der Waals surface area contributed by atoms with Crippen molar-refractivity contribution in [1.29, 1.82) is 0 Å². The number of nitrogens with two attached hydrogens (primary N) is 1. The molecule has 0 aliphatic heterocycles. The molecule has 1 unspecified atom stereocenters. The number of nitrogens with one attached hydrogen (secondary N) is 1. The van der Waals surface area contributed by atoms with E-state index in [1.54, 1.807) is 0 Å². The van der Waals surface area contributed by atoms with Gasteiger partial charge < -0.3 is 0 Å². The molecule has 1 atom stereocenters. The monoisotopic (exact) mass is 224 g/mol. The van der Waals surface area contributed by atoms with E-state index < -0.39 is 0 Å². The maximum Gasteiger partial charge on any atom is 0.0550 e. The molecule has 1 aromatic rings. The van der Waals surface area contributed by atoms with Gasteiger partial charge in [-0.1, -0.05) is 38.1 Å². The predicted octanol–water partition coefficient (Wildman–Crippen LogP) is 2.51. The summed E-state index contributed by atoms with van der Waals surface area (Å²) in [6, 6.07) is 8.90. The Bertz CT molecular complexity index is 289. The highest BCUT2D eigenvalue weighted by atomic mass is 32.2. The summed E-state index contributed by atoms with van der Waals surface area (Å²) in [6.07, 6.45) is 1.08. The Kier molecular flexibility index (Phi) is 5.76. The van der Waals surface area contributed by atoms with Crippen molar-refractivity contribution in [3.63, 3.8) is 0 Å². The lowest BCUT2D eigenvalue weighted by molar-refractivity contribution is 0.610. The molecule has 0 fully saturated rings. The first-order valence-electron chi connectivity index (χ1n) is 5.44. The van der Waals surface area contributed by atoms with Crippen LogP contribution < -0.4 is 11.3 Å². The van der Waals surface area contributed by atoms with Crippen LogP contribution in [0.4, 0.5) is 0 Å². The first kappa shape index (κ1) is 12.6. The maximum absolute atomic E-state index is 5.57. The fraction of sp³-hybridized carbons (Fsp3) is 0.500. The van der Waals surface area contributed by atoms with Gasteiger partial charge in [0, 0.05) is 5.75 Å². The van der Waals surface area contributed by atoms with Crippen LogP contribution >= 0.6 is 11.8 Å². The van der Waals surface area contributed by atoms with E-state index >= 15 is 0 Å². The van der Waals surface area contributed by atoms with Gasteiger partial charge >= 0.3 is 0 Å². The van der Waals surface area contributed by atoms with Crippen molar-refractivity contribution >= 4 is 11.8 Å². The highest BCUT2D eigenvalue weighted by Gasteiger charge is 2.08. The maximum atomic E-state index is 5.57. The molecule has 0 spiro atoms. The molecule has 0 saturated carbocycles. The number of rotatable bonds is 6. The first-order chi connectivity index (χ1) is 7.31. The van der Waals surface area contributed by atoms with Crippen LogP contribution in [-0.4, -0.2) is 11.5 Å². The molecule has 0 radical (unpaired) electrons. The standard InChI is InChI=1S/C12H20N2S/c1-3-10-6-5-7-11(8-10)12(14-13)9-15-4-2/h5-8,12,14H,3-4,9,13H2,1-2H3. The van der Waals surface area contributed by atoms with Crippen LogP contribution in [0, 0.1) is 0 Å². The van der Waals surface area contributed by atoms with Crippen LogP contribution in [0.2, 0.25) is 0 Å². The molecule has 0 amide bonds. The van der Waals surface area contributed by atoms with Crippen LogP contribution in [-0.2, 0) is 6.42 Å². The van der Waals surface area contributed by atoms with Crippen molar-refractivity contribution in [2.24, 2.45) is 5.84 Å². The molecule has 0 bridgehead atoms. The van der Waals surface area contributed by atoms with E-state index in [-0.39, 0.29) is 6.04 Å². The summed E-state index contributed by atoms with van der Waals surface area (Å²) in [6.45, 7) is 4.34. The number of hydrazine groups is 1. The zero-order valence-electron chi connectivity index (χ0n) is 9.49. The third-order valence-electron chi connectivity index (χ3n) is 2.45. The van der Waals surface area contributed by atoms with E-state index in [1.807, 2.05) is 11.8 Å². The van der Waals surface area contributed by atoms with Gasteiger partial charge in [0.25, 0.3) is 0 Å². The van der Waals surface area contributed by atoms with Crippen LogP contribution in [0.25, 0.3) is 0 Å². The Labute approximate surface area is 96.6 Å². The molecule has 3 N–H and O–H groups in total. The molecule has 2 nitrogen and oxygen atoms in total. The Morgan fingerprint density at radius 2 is 2.20 bits per heavy atom. The summed E-state index contributed by atoms with van der Waals surface area (Å²) < 4.78 is 0. The number of aryl methyl sites for hydroxylation is 1. The van der Waals surface area contributed by atoms with E-state index in [1.165, 1.54) is 11.1 Å². The Morgan fingerprint density at radius 1 is 1.40 bits per heavy atom. The zero-order chi connectivity index (χ0) is 11.1. The molecular formula is C12H20N2S. The van der Waals surface area contributed by atoms with Gasteiger partial charge in [0.2, 0.25) is 0 Å². The minimum Gasteiger partial charge on any atom is -0.271 e. The van der Waals surface area contributed by atoms with E-state index in [4.69, 9.17) is 5.84 Å². The highest BCUT2D eigenvalue weighted by molar-refractivity contribution is 7.99. The van der Waals surface area contributed by atoms with E-state index in [0.29, 0.717) is 0 Å². The molecule has 1 aromatic carbocycles. The summed E-state index contributed by atoms with van der Waals surface area (Å²) in [5.74, 6) is 7.73. The molecule has 0 aliphatic carbocycles. The zero-order valence-corrected chi connectivity index (χ0v) is 10.3. The van der Waals surface area contributed by atoms with Crippen LogP contribution in [0.5, 0.6) is 0 Å². The molecule has 84 valence electrons. The molecule has 0 saturated heterocycles. The van der Waals surface area contributed by atoms with Crippen LogP contribution in [0.1, 0.15) is 31.0 Å². The lowest BCUT2D eigenvalue weighted by atomic mass is 10.0. The largest absolute Gasteiger partial charge is 0.271 e. The minimum absolute atomic E-state index is 0.265. The molecule has 0 aromatic heterocycles. The Morgan fingerprint density at radius 3 is 2.80 bits per heavy atom. The van der Waals surface area contributed by atoms with Crippen LogP contribution in [0.15, 0.2) is 24.3 Å². The van der Waals surface area contributed by atoms with Crippen molar-refractivity contribution in [1.82, 2.24) is 5.43 Å². The predicted molar refractivity (Wildman–Crippen MR) is 68.9 cm³/mol. The highest BCUT2D eigenvalue weighted by Crippen LogP contribution is 2.18. The number of thioether (sulfide) groups is 1. The second-order valence-corrected chi connectivity index (χ2v) is 4.80. The number of benzene rings is 1. The van der Waals surface area contributed by atoms with Crippen molar-refractivity contribution < 1.29 is 0 Å². The topological polar surface area (TPSA) is 38.0 Å². The number of hydrogen-bond acceptors (Lipinski definition) is 3. The van der Waals surface area contributed by atoms with Gasteiger partial charge in [-0.3, -0.25) is 11.3 Å². The van der Waals surface area contributed by atoms with Crippen molar-refractivity contribution in [3.05, 3.63) is 35.4 Å². The van der Waals surface area contributed by atoms with Crippen molar-refractivity contribution in [2.75, 3.05) is 11.5 Å². The molecule has 15 heavy (non-hydrogen) atoms. The second-order valence-electron chi connectivity index (χ2n) is 3.48. The SMILES string of the molecule is CCSCC(NN)c1cccc(CC)c1. The molecule has 0 heterocycles. The quantitative estimate of drug-likeness (QED) is 0.576. The average molecular weight is 224 g/mol. The molecular weight excluding hydrogens is 204 g/mol. The van der Waals surface area contributed by atoms with Gasteiger partial charge in [-0.15, -0.1) is 0 Å². The van der Waals surface area contributed by atoms with Gasteiger partial charge in [-0.05, 0) is 23.3 Å². The Hall–Kier alpha value is -0.510. The smallest absolute Gasteiger partial charge is 0.0550 e. The van der Waals surface area contributed by atoms with E-state index in [0.717, 1.165) is 17.9 Å². The number of hydrogen-bond donors (Lipinski definition) is 2. The summed E-state index contributed by atoms with van der Waals surface area (Å²) >= 11 is 1.91. The summed E-state index contributed by atoms with van der Waals surface area (Å²) in [5.41, 5.74) is 5.54. The normalized spacial score (nSPS) is 12.7. The first-order valence-corrected chi connectivity index (χ1v) is 6.60. The van der Waals surface area contributed by atoms with Gasteiger partial charge in [0.05, 0.1) is 6.04 Å². The lowest BCUT2D eigenvalue weighted by Crippen LogP contribution is -2.29. The van der Waals surface area contributed by atoms with Crippen molar-refractivity contribution in [2.45, 2.75) is 26.3 Å². The average Bonchev–Trinajstić information content (AvgIpc) is 2.30. The fourth-order valence-corrected chi connectivity index (χ4v) is 2.27.